The Morgan fingerprint density at radius 3 is 2.21 bits per heavy atom. The first-order valence-corrected chi connectivity index (χ1v) is 6.17. The van der Waals surface area contributed by atoms with Crippen LogP contribution in [0.1, 0.15) is 28.4 Å². The monoisotopic (exact) mass is 262 g/mol. The van der Waals surface area contributed by atoms with Gasteiger partial charge in [-0.3, -0.25) is 0 Å². The van der Waals surface area contributed by atoms with E-state index in [4.69, 9.17) is 0 Å². The second-order valence-electron chi connectivity index (χ2n) is 4.81. The number of halogens is 2. The highest BCUT2D eigenvalue weighted by Gasteiger charge is 2.17. The Kier molecular flexibility index (Phi) is 3.96. The first-order valence-electron chi connectivity index (χ1n) is 6.17. The minimum atomic E-state index is -1.04. The van der Waals surface area contributed by atoms with Gasteiger partial charge in [-0.1, -0.05) is 42.0 Å². The summed E-state index contributed by atoms with van der Waals surface area (Å²) in [5, 5.41) is 10.0. The van der Waals surface area contributed by atoms with Crippen LogP contribution in [0.2, 0.25) is 0 Å². The lowest BCUT2D eigenvalue weighted by Gasteiger charge is -2.13. The van der Waals surface area contributed by atoms with Crippen LogP contribution in [-0.2, 0) is 6.42 Å². The van der Waals surface area contributed by atoms with Crippen molar-refractivity contribution < 1.29 is 13.9 Å². The average molecular weight is 262 g/mol. The van der Waals surface area contributed by atoms with Gasteiger partial charge in [0, 0.05) is 12.0 Å². The summed E-state index contributed by atoms with van der Waals surface area (Å²) in [6, 6.07) is 10.5. The molecule has 0 heterocycles. The van der Waals surface area contributed by atoms with E-state index in [1.165, 1.54) is 19.1 Å². The molecule has 0 radical (unpaired) electrons. The Bertz CT molecular complexity index is 576. The van der Waals surface area contributed by atoms with Gasteiger partial charge in [0.15, 0.2) is 11.6 Å². The molecule has 1 N–H and O–H groups in total. The number of aryl methyl sites for hydroxylation is 2. The predicted molar refractivity (Wildman–Crippen MR) is 70.9 cm³/mol. The summed E-state index contributed by atoms with van der Waals surface area (Å²) in [5.74, 6) is -1.85. The van der Waals surface area contributed by atoms with Crippen LogP contribution >= 0.6 is 0 Å². The van der Waals surface area contributed by atoms with Gasteiger partial charge in [0.1, 0.15) is 0 Å². The first kappa shape index (κ1) is 13.7. The van der Waals surface area contributed by atoms with Crippen molar-refractivity contribution in [2.45, 2.75) is 26.4 Å². The summed E-state index contributed by atoms with van der Waals surface area (Å²) in [6.07, 6.45) is -0.780. The van der Waals surface area contributed by atoms with Crippen LogP contribution in [0.3, 0.4) is 0 Å². The lowest BCUT2D eigenvalue weighted by molar-refractivity contribution is 0.172. The molecule has 0 saturated carbocycles. The third-order valence-corrected chi connectivity index (χ3v) is 3.21. The fraction of sp³-hybridized carbons (Fsp3) is 0.250. The zero-order chi connectivity index (χ0) is 14.0. The second kappa shape index (κ2) is 5.49. The van der Waals surface area contributed by atoms with Crippen LogP contribution in [0.5, 0.6) is 0 Å². The van der Waals surface area contributed by atoms with Crippen molar-refractivity contribution in [3.63, 3.8) is 0 Å². The summed E-state index contributed by atoms with van der Waals surface area (Å²) in [7, 11) is 0. The third-order valence-electron chi connectivity index (χ3n) is 3.21. The van der Waals surface area contributed by atoms with E-state index in [1.807, 2.05) is 31.2 Å². The van der Waals surface area contributed by atoms with Crippen LogP contribution in [0, 0.1) is 25.5 Å². The van der Waals surface area contributed by atoms with Gasteiger partial charge in [-0.05, 0) is 25.0 Å². The molecule has 0 fully saturated rings. The molecule has 0 amide bonds. The Morgan fingerprint density at radius 1 is 0.947 bits per heavy atom. The predicted octanol–water partition coefficient (Wildman–Crippen LogP) is 3.86. The van der Waals surface area contributed by atoms with Crippen molar-refractivity contribution in [2.24, 2.45) is 0 Å². The molecule has 1 nitrogen and oxygen atoms in total. The van der Waals surface area contributed by atoms with Crippen molar-refractivity contribution >= 4 is 0 Å². The molecule has 1 atom stereocenters. The lowest BCUT2D eigenvalue weighted by atomic mass is 9.99. The average Bonchev–Trinajstić information content (AvgIpc) is 2.39. The van der Waals surface area contributed by atoms with E-state index in [9.17, 15) is 13.9 Å². The number of rotatable bonds is 3. The zero-order valence-corrected chi connectivity index (χ0v) is 11.0. The van der Waals surface area contributed by atoms with Gasteiger partial charge in [-0.25, -0.2) is 8.78 Å². The molecule has 3 heteroatoms. The number of hydrogen-bond donors (Lipinski definition) is 1. The molecular formula is C16H16F2O. The molecule has 0 spiro atoms. The topological polar surface area (TPSA) is 20.2 Å². The SMILES string of the molecule is Cc1ccc(CC(O)c2ccc(C)c(F)c2F)cc1. The van der Waals surface area contributed by atoms with Crippen molar-refractivity contribution in [1.82, 2.24) is 0 Å². The Balaban J connectivity index is 2.23. The maximum absolute atomic E-state index is 13.7. The van der Waals surface area contributed by atoms with Crippen LogP contribution in [-0.4, -0.2) is 5.11 Å². The molecule has 100 valence electrons. The van der Waals surface area contributed by atoms with Gasteiger partial charge >= 0.3 is 0 Å². The second-order valence-corrected chi connectivity index (χ2v) is 4.81. The fourth-order valence-electron chi connectivity index (χ4n) is 1.98. The number of aliphatic hydroxyl groups is 1. The molecular weight excluding hydrogens is 246 g/mol. The quantitative estimate of drug-likeness (QED) is 0.890. The molecule has 0 aliphatic heterocycles. The third kappa shape index (κ3) is 2.99. The highest BCUT2D eigenvalue weighted by molar-refractivity contribution is 5.29. The highest BCUT2D eigenvalue weighted by Crippen LogP contribution is 2.24. The van der Waals surface area contributed by atoms with Crippen molar-refractivity contribution in [2.75, 3.05) is 0 Å². The van der Waals surface area contributed by atoms with Crippen molar-refractivity contribution in [3.05, 3.63) is 70.3 Å². The first-order chi connectivity index (χ1) is 8.99. The zero-order valence-electron chi connectivity index (χ0n) is 11.0. The lowest BCUT2D eigenvalue weighted by Crippen LogP contribution is -2.06. The summed E-state index contributed by atoms with van der Waals surface area (Å²) in [4.78, 5) is 0. The summed E-state index contributed by atoms with van der Waals surface area (Å²) < 4.78 is 27.2. The van der Waals surface area contributed by atoms with Crippen LogP contribution in [0.4, 0.5) is 8.78 Å². The molecule has 0 saturated heterocycles. The minimum absolute atomic E-state index is 0.00340. The molecule has 0 aliphatic rings. The maximum atomic E-state index is 13.7. The molecule has 1 unspecified atom stereocenters. The largest absolute Gasteiger partial charge is 0.388 e. The van der Waals surface area contributed by atoms with Crippen LogP contribution in [0.15, 0.2) is 36.4 Å². The molecule has 2 rings (SSSR count). The Morgan fingerprint density at radius 2 is 1.58 bits per heavy atom. The highest BCUT2D eigenvalue weighted by atomic mass is 19.2. The normalized spacial score (nSPS) is 12.5. The summed E-state index contributed by atoms with van der Waals surface area (Å²) in [6.45, 7) is 3.46. The molecule has 0 bridgehead atoms. The van der Waals surface area contributed by atoms with Gasteiger partial charge in [0.05, 0.1) is 6.10 Å². The minimum Gasteiger partial charge on any atom is -0.388 e. The van der Waals surface area contributed by atoms with Crippen LogP contribution < -0.4 is 0 Å². The van der Waals surface area contributed by atoms with Gasteiger partial charge in [0.2, 0.25) is 0 Å². The molecule has 19 heavy (non-hydrogen) atoms. The van der Waals surface area contributed by atoms with E-state index in [1.54, 1.807) is 0 Å². The van der Waals surface area contributed by atoms with Crippen molar-refractivity contribution in [3.8, 4) is 0 Å². The van der Waals surface area contributed by atoms with E-state index >= 15 is 0 Å². The van der Waals surface area contributed by atoms with E-state index in [0.29, 0.717) is 0 Å². The van der Waals surface area contributed by atoms with E-state index in [-0.39, 0.29) is 17.5 Å². The Labute approximate surface area is 111 Å². The van der Waals surface area contributed by atoms with Gasteiger partial charge < -0.3 is 5.11 Å². The number of aliphatic hydroxyl groups excluding tert-OH is 1. The van der Waals surface area contributed by atoms with E-state index < -0.39 is 17.7 Å². The van der Waals surface area contributed by atoms with Gasteiger partial charge in [0.25, 0.3) is 0 Å². The number of benzene rings is 2. The fourth-order valence-corrected chi connectivity index (χ4v) is 1.98. The summed E-state index contributed by atoms with van der Waals surface area (Å²) >= 11 is 0. The van der Waals surface area contributed by atoms with E-state index in [0.717, 1.165) is 11.1 Å². The molecule has 2 aromatic rings. The van der Waals surface area contributed by atoms with Crippen molar-refractivity contribution in [1.29, 1.82) is 0 Å². The molecule has 2 aromatic carbocycles. The summed E-state index contributed by atoms with van der Waals surface area (Å²) in [5.41, 5.74) is 2.25. The molecule has 0 aromatic heterocycles. The maximum Gasteiger partial charge on any atom is 0.164 e. The molecule has 0 aliphatic carbocycles. The van der Waals surface area contributed by atoms with E-state index in [2.05, 4.69) is 0 Å². The standard InChI is InChI=1S/C16H16F2O/c1-10-3-6-12(7-4-10)9-14(19)13-8-5-11(2)15(17)16(13)18/h3-8,14,19H,9H2,1-2H3. The Hall–Kier alpha value is -1.74. The number of hydrogen-bond acceptors (Lipinski definition) is 1. The van der Waals surface area contributed by atoms with Crippen LogP contribution in [0.25, 0.3) is 0 Å². The van der Waals surface area contributed by atoms with Gasteiger partial charge in [-0.2, -0.15) is 0 Å². The van der Waals surface area contributed by atoms with Gasteiger partial charge in [-0.15, -0.1) is 0 Å². The smallest absolute Gasteiger partial charge is 0.164 e.